The number of halogens is 1. The normalized spacial score (nSPS) is 13.6. The molecular formula is C23H24FN7O4S. The molecule has 0 atom stereocenters. The quantitative estimate of drug-likeness (QED) is 0.266. The lowest BCUT2D eigenvalue weighted by Crippen LogP contribution is -2.24. The SMILES string of the molecule is Cc1cnc(-c2cc3c(cc2Cc2nc4c(N)nc(F)nc4n2CCCNS(C)(=O)=O)C(=O)CC3)o1. The number of sulfonamides is 1. The van der Waals surface area contributed by atoms with Crippen molar-refractivity contribution in [2.24, 2.45) is 0 Å². The van der Waals surface area contributed by atoms with Gasteiger partial charge in [-0.1, -0.05) is 0 Å². The Balaban J connectivity index is 1.59. The van der Waals surface area contributed by atoms with Gasteiger partial charge in [0.2, 0.25) is 15.9 Å². The number of nitrogens with one attached hydrogen (secondary N) is 1. The summed E-state index contributed by atoms with van der Waals surface area (Å²) in [7, 11) is -3.35. The van der Waals surface area contributed by atoms with Crippen LogP contribution >= 0.6 is 0 Å². The van der Waals surface area contributed by atoms with Gasteiger partial charge in [-0.3, -0.25) is 4.79 Å². The molecule has 0 spiro atoms. The van der Waals surface area contributed by atoms with Crippen molar-refractivity contribution in [1.82, 2.24) is 29.2 Å². The molecule has 0 fully saturated rings. The lowest BCUT2D eigenvalue weighted by Gasteiger charge is -2.12. The molecule has 188 valence electrons. The van der Waals surface area contributed by atoms with E-state index < -0.39 is 16.1 Å². The number of hydrogen-bond acceptors (Lipinski definition) is 9. The van der Waals surface area contributed by atoms with Crippen LogP contribution in [-0.4, -0.2) is 51.5 Å². The highest BCUT2D eigenvalue weighted by Gasteiger charge is 2.25. The molecule has 5 rings (SSSR count). The number of rotatable bonds is 8. The number of Topliss-reactive ketones (excluding diaryl/α,β-unsaturated/α-hetero) is 1. The molecule has 11 nitrogen and oxygen atoms in total. The van der Waals surface area contributed by atoms with Crippen LogP contribution in [0.15, 0.2) is 22.7 Å². The monoisotopic (exact) mass is 513 g/mol. The number of benzene rings is 1. The van der Waals surface area contributed by atoms with Crippen molar-refractivity contribution in [3.05, 3.63) is 52.7 Å². The summed E-state index contributed by atoms with van der Waals surface area (Å²) in [6, 6.07) is 3.77. The van der Waals surface area contributed by atoms with Crippen LogP contribution in [0.25, 0.3) is 22.6 Å². The van der Waals surface area contributed by atoms with Crippen molar-refractivity contribution in [1.29, 1.82) is 0 Å². The number of nitrogen functional groups attached to an aromatic ring is 1. The number of imidazole rings is 1. The van der Waals surface area contributed by atoms with Crippen LogP contribution in [0, 0.1) is 13.0 Å². The van der Waals surface area contributed by atoms with Gasteiger partial charge in [-0.25, -0.2) is 23.1 Å². The van der Waals surface area contributed by atoms with Crippen molar-refractivity contribution in [2.75, 3.05) is 18.5 Å². The van der Waals surface area contributed by atoms with E-state index in [4.69, 9.17) is 10.2 Å². The zero-order valence-corrected chi connectivity index (χ0v) is 20.5. The molecule has 3 aromatic heterocycles. The van der Waals surface area contributed by atoms with Crippen molar-refractivity contribution in [2.45, 2.75) is 39.2 Å². The number of nitrogens with zero attached hydrogens (tertiary/aromatic N) is 5. The molecule has 13 heteroatoms. The standard InChI is InChI=1S/C23H24FN7O4S/c1-12-11-26-22(35-12)16-8-13-4-5-17(32)15(13)9-14(16)10-18-28-19-20(25)29-23(24)30-21(19)31(18)7-3-6-27-36(2,33)34/h8-9,11,27H,3-7,10H2,1-2H3,(H2,25,29,30). The maximum absolute atomic E-state index is 14.0. The van der Waals surface area contributed by atoms with Gasteiger partial charge in [-0.15, -0.1) is 0 Å². The van der Waals surface area contributed by atoms with E-state index in [0.717, 1.165) is 22.9 Å². The van der Waals surface area contributed by atoms with Gasteiger partial charge in [0, 0.05) is 37.1 Å². The lowest BCUT2D eigenvalue weighted by molar-refractivity contribution is 0.0994. The average Bonchev–Trinajstić information content (AvgIpc) is 3.48. The number of ketones is 1. The zero-order valence-electron chi connectivity index (χ0n) is 19.7. The summed E-state index contributed by atoms with van der Waals surface area (Å²) >= 11 is 0. The highest BCUT2D eigenvalue weighted by atomic mass is 32.2. The molecule has 1 aliphatic carbocycles. The van der Waals surface area contributed by atoms with Gasteiger partial charge in [0.1, 0.15) is 11.6 Å². The minimum atomic E-state index is -3.35. The van der Waals surface area contributed by atoms with Gasteiger partial charge in [-0.2, -0.15) is 14.4 Å². The third-order valence-corrected chi connectivity index (χ3v) is 6.78. The fraction of sp³-hybridized carbons (Fsp3) is 0.348. The molecule has 36 heavy (non-hydrogen) atoms. The summed E-state index contributed by atoms with van der Waals surface area (Å²) < 4.78 is 46.8. The van der Waals surface area contributed by atoms with Gasteiger partial charge >= 0.3 is 6.08 Å². The number of aromatic nitrogens is 5. The first-order chi connectivity index (χ1) is 17.1. The number of carbonyl (C=O) groups is 1. The van der Waals surface area contributed by atoms with Crippen LogP contribution in [0.2, 0.25) is 0 Å². The van der Waals surface area contributed by atoms with E-state index in [9.17, 15) is 17.6 Å². The first kappa shape index (κ1) is 24.0. The van der Waals surface area contributed by atoms with Gasteiger partial charge in [-0.05, 0) is 43.0 Å². The zero-order chi connectivity index (χ0) is 25.6. The second-order valence-corrected chi connectivity index (χ2v) is 10.6. The summed E-state index contributed by atoms with van der Waals surface area (Å²) in [6.45, 7) is 2.27. The van der Waals surface area contributed by atoms with Crippen molar-refractivity contribution < 1.29 is 22.0 Å². The summed E-state index contributed by atoms with van der Waals surface area (Å²) in [4.78, 5) is 28.9. The maximum Gasteiger partial charge on any atom is 0.312 e. The molecule has 0 saturated carbocycles. The number of nitrogens with two attached hydrogens (primary N) is 1. The number of oxazole rings is 1. The average molecular weight is 514 g/mol. The minimum absolute atomic E-state index is 0.0684. The Bertz CT molecular complexity index is 1610. The van der Waals surface area contributed by atoms with Crippen LogP contribution < -0.4 is 10.5 Å². The first-order valence-electron chi connectivity index (χ1n) is 11.3. The number of anilines is 1. The van der Waals surface area contributed by atoms with Crippen LogP contribution in [0.5, 0.6) is 0 Å². The summed E-state index contributed by atoms with van der Waals surface area (Å²) in [5.74, 6) is 1.55. The van der Waals surface area contributed by atoms with E-state index in [1.165, 1.54) is 0 Å². The van der Waals surface area contributed by atoms with E-state index in [1.54, 1.807) is 17.7 Å². The van der Waals surface area contributed by atoms with Gasteiger partial charge < -0.3 is 14.7 Å². The molecule has 1 aliphatic rings. The molecule has 0 bridgehead atoms. The second kappa shape index (κ2) is 9.06. The molecule has 0 unspecified atom stereocenters. The van der Waals surface area contributed by atoms with Crippen LogP contribution in [0.1, 0.15) is 45.9 Å². The van der Waals surface area contributed by atoms with Crippen molar-refractivity contribution >= 4 is 32.8 Å². The van der Waals surface area contributed by atoms with Crippen molar-refractivity contribution in [3.63, 3.8) is 0 Å². The Morgan fingerprint density at radius 2 is 2.00 bits per heavy atom. The largest absolute Gasteiger partial charge is 0.441 e. The molecule has 0 amide bonds. The number of carbonyl (C=O) groups excluding carboxylic acids is 1. The highest BCUT2D eigenvalue weighted by Crippen LogP contribution is 2.33. The molecule has 1 aromatic carbocycles. The fourth-order valence-electron chi connectivity index (χ4n) is 4.44. The lowest BCUT2D eigenvalue weighted by atomic mass is 9.97. The third-order valence-electron chi connectivity index (χ3n) is 6.05. The van der Waals surface area contributed by atoms with E-state index in [2.05, 4.69) is 24.7 Å². The Morgan fingerprint density at radius 3 is 2.72 bits per heavy atom. The topological polar surface area (TPSA) is 159 Å². The van der Waals surface area contributed by atoms with Crippen LogP contribution in [0.3, 0.4) is 0 Å². The maximum atomic E-state index is 14.0. The highest BCUT2D eigenvalue weighted by molar-refractivity contribution is 7.88. The van der Waals surface area contributed by atoms with E-state index in [1.807, 2.05) is 12.1 Å². The minimum Gasteiger partial charge on any atom is -0.441 e. The second-order valence-electron chi connectivity index (χ2n) is 8.79. The van der Waals surface area contributed by atoms with Gasteiger partial charge in [0.25, 0.3) is 0 Å². The predicted octanol–water partition coefficient (Wildman–Crippen LogP) is 2.17. The summed E-state index contributed by atoms with van der Waals surface area (Å²) in [5, 5.41) is 0. The smallest absolute Gasteiger partial charge is 0.312 e. The number of fused-ring (bicyclic) bond motifs is 2. The molecule has 0 aliphatic heterocycles. The Morgan fingerprint density at radius 1 is 1.19 bits per heavy atom. The molecular weight excluding hydrogens is 489 g/mol. The Kier molecular flexibility index (Phi) is 6.04. The van der Waals surface area contributed by atoms with E-state index >= 15 is 0 Å². The first-order valence-corrected chi connectivity index (χ1v) is 13.2. The number of hydrogen-bond donors (Lipinski definition) is 2. The van der Waals surface area contributed by atoms with Gasteiger partial charge in [0.05, 0.1) is 12.5 Å². The van der Waals surface area contributed by atoms with Crippen LogP contribution in [-0.2, 0) is 29.4 Å². The molecule has 0 saturated heterocycles. The van der Waals surface area contributed by atoms with Crippen molar-refractivity contribution in [3.8, 4) is 11.5 Å². The molecule has 4 aromatic rings. The Hall–Kier alpha value is -3.71. The summed E-state index contributed by atoms with van der Waals surface area (Å²) in [5.41, 5.74) is 9.47. The van der Waals surface area contributed by atoms with Gasteiger partial charge in [0.15, 0.2) is 22.8 Å². The third kappa shape index (κ3) is 4.71. The van der Waals surface area contributed by atoms with E-state index in [-0.39, 0.29) is 35.7 Å². The summed E-state index contributed by atoms with van der Waals surface area (Å²) in [6.07, 6.45) is 3.45. The fourth-order valence-corrected chi connectivity index (χ4v) is 4.95. The number of aryl methyl sites for hydroxylation is 3. The molecule has 3 heterocycles. The Labute approximate surface area is 206 Å². The molecule has 3 N–H and O–H groups in total. The predicted molar refractivity (Wildman–Crippen MR) is 129 cm³/mol. The molecule has 0 radical (unpaired) electrons. The van der Waals surface area contributed by atoms with E-state index in [0.29, 0.717) is 48.8 Å². The van der Waals surface area contributed by atoms with Crippen LogP contribution in [0.4, 0.5) is 10.2 Å².